The van der Waals surface area contributed by atoms with E-state index in [0.29, 0.717) is 0 Å². The van der Waals surface area contributed by atoms with E-state index < -0.39 is 5.60 Å². The maximum Gasteiger partial charge on any atom is 0.119 e. The van der Waals surface area contributed by atoms with E-state index in [1.807, 2.05) is 38.1 Å². The summed E-state index contributed by atoms with van der Waals surface area (Å²) >= 11 is 0. The van der Waals surface area contributed by atoms with Crippen LogP contribution >= 0.6 is 24.8 Å². The number of hydrogen-bond donors (Lipinski definition) is 2. The van der Waals surface area contributed by atoms with Crippen LogP contribution in [-0.4, -0.2) is 41.3 Å². The summed E-state index contributed by atoms with van der Waals surface area (Å²) in [6.45, 7) is 6.57. The second kappa shape index (κ2) is 13.7. The quantitative estimate of drug-likeness (QED) is 0.330. The molecule has 35 heavy (non-hydrogen) atoms. The molecule has 1 saturated heterocycles. The highest BCUT2D eigenvalue weighted by Gasteiger charge is 2.35. The molecule has 0 bridgehead atoms. The van der Waals surface area contributed by atoms with Crippen molar-refractivity contribution in [3.8, 4) is 5.75 Å². The third-order valence-electron chi connectivity index (χ3n) is 6.47. The summed E-state index contributed by atoms with van der Waals surface area (Å²) < 4.78 is 5.71. The molecule has 190 valence electrons. The molecule has 0 atom stereocenters. The van der Waals surface area contributed by atoms with Crippen LogP contribution in [0.5, 0.6) is 5.75 Å². The molecule has 0 aliphatic carbocycles. The fourth-order valence-corrected chi connectivity index (χ4v) is 4.70. The molecule has 1 heterocycles. The summed E-state index contributed by atoms with van der Waals surface area (Å²) in [6, 6.07) is 29.7. The van der Waals surface area contributed by atoms with Gasteiger partial charge in [0.1, 0.15) is 5.75 Å². The highest BCUT2D eigenvalue weighted by Crippen LogP contribution is 2.34. The third-order valence-corrected chi connectivity index (χ3v) is 6.47. The number of likely N-dealkylation sites (tertiary alicyclic amines) is 1. The number of aliphatic hydroxyl groups is 1. The van der Waals surface area contributed by atoms with Gasteiger partial charge in [-0.3, -0.25) is 4.90 Å². The first-order valence-electron chi connectivity index (χ1n) is 12.1. The van der Waals surface area contributed by atoms with Crippen molar-refractivity contribution in [2.75, 3.05) is 25.0 Å². The average Bonchev–Trinajstić information content (AvgIpc) is 2.83. The molecule has 0 radical (unpaired) electrons. The largest absolute Gasteiger partial charge is 0.491 e. The van der Waals surface area contributed by atoms with Crippen LogP contribution in [0.4, 0.5) is 5.69 Å². The Balaban J connectivity index is 0.00000216. The van der Waals surface area contributed by atoms with Crippen LogP contribution < -0.4 is 10.1 Å². The van der Waals surface area contributed by atoms with Gasteiger partial charge in [0.15, 0.2) is 0 Å². The number of benzene rings is 3. The van der Waals surface area contributed by atoms with Crippen molar-refractivity contribution in [3.05, 3.63) is 96.1 Å². The summed E-state index contributed by atoms with van der Waals surface area (Å²) in [5, 5.41) is 14.7. The van der Waals surface area contributed by atoms with Gasteiger partial charge in [-0.25, -0.2) is 0 Å². The van der Waals surface area contributed by atoms with E-state index in [2.05, 4.69) is 70.9 Å². The Labute approximate surface area is 222 Å². The zero-order chi connectivity index (χ0) is 23.1. The highest BCUT2D eigenvalue weighted by molar-refractivity contribution is 5.85. The normalized spacial score (nSPS) is 15.2. The second-order valence-corrected chi connectivity index (χ2v) is 9.35. The molecule has 4 rings (SSSR count). The Kier molecular flexibility index (Phi) is 11.4. The van der Waals surface area contributed by atoms with Gasteiger partial charge in [-0.05, 0) is 68.5 Å². The van der Waals surface area contributed by atoms with Crippen LogP contribution in [0.3, 0.4) is 0 Å². The highest BCUT2D eigenvalue weighted by atomic mass is 35.5. The number of rotatable bonds is 9. The molecule has 1 fully saturated rings. The second-order valence-electron chi connectivity index (χ2n) is 9.35. The van der Waals surface area contributed by atoms with Crippen molar-refractivity contribution in [1.29, 1.82) is 0 Å². The smallest absolute Gasteiger partial charge is 0.119 e. The van der Waals surface area contributed by atoms with Gasteiger partial charge in [-0.15, -0.1) is 24.8 Å². The van der Waals surface area contributed by atoms with E-state index in [1.54, 1.807) is 0 Å². The zero-order valence-electron chi connectivity index (χ0n) is 20.6. The standard InChI is InChI=1S/C29H36N2O2.2ClH/c1-23(2)33-27-15-13-26(14-16-27)30-20-17-29(32)18-21-31(22-19-29)28(24-9-5-3-6-10-24)25-11-7-4-8-12-25;;/h3-16,23,28,30,32H,17-22H2,1-2H3;2*1H. The molecule has 0 unspecified atom stereocenters. The Morgan fingerprint density at radius 3 is 1.83 bits per heavy atom. The number of halogens is 2. The molecular weight excluding hydrogens is 479 g/mol. The number of anilines is 1. The lowest BCUT2D eigenvalue weighted by Crippen LogP contribution is -2.46. The van der Waals surface area contributed by atoms with Crippen LogP contribution in [0.25, 0.3) is 0 Å². The molecule has 0 saturated carbocycles. The summed E-state index contributed by atoms with van der Waals surface area (Å²) in [6.07, 6.45) is 2.48. The Morgan fingerprint density at radius 2 is 1.34 bits per heavy atom. The van der Waals surface area contributed by atoms with E-state index in [4.69, 9.17) is 4.74 Å². The van der Waals surface area contributed by atoms with Crippen LogP contribution in [0.2, 0.25) is 0 Å². The molecule has 0 spiro atoms. The van der Waals surface area contributed by atoms with Gasteiger partial charge >= 0.3 is 0 Å². The predicted molar refractivity (Wildman–Crippen MR) is 150 cm³/mol. The molecule has 6 heteroatoms. The maximum absolute atomic E-state index is 11.2. The first kappa shape index (κ1) is 29.0. The predicted octanol–water partition coefficient (Wildman–Crippen LogP) is 6.74. The van der Waals surface area contributed by atoms with Gasteiger partial charge in [-0.1, -0.05) is 60.7 Å². The number of nitrogens with one attached hydrogen (secondary N) is 1. The summed E-state index contributed by atoms with van der Waals surface area (Å²) in [5.41, 5.74) is 3.05. The van der Waals surface area contributed by atoms with Crippen LogP contribution in [0.15, 0.2) is 84.9 Å². The van der Waals surface area contributed by atoms with E-state index >= 15 is 0 Å². The van der Waals surface area contributed by atoms with Gasteiger partial charge in [0.2, 0.25) is 0 Å². The van der Waals surface area contributed by atoms with Crippen molar-refractivity contribution >= 4 is 30.5 Å². The summed E-state index contributed by atoms with van der Waals surface area (Å²) in [4.78, 5) is 2.51. The van der Waals surface area contributed by atoms with Gasteiger partial charge in [0, 0.05) is 25.3 Å². The number of piperidine rings is 1. The van der Waals surface area contributed by atoms with Crippen molar-refractivity contribution in [2.45, 2.75) is 50.9 Å². The Bertz CT molecular complexity index is 937. The first-order chi connectivity index (χ1) is 16.0. The minimum atomic E-state index is -0.623. The molecule has 3 aromatic carbocycles. The maximum atomic E-state index is 11.2. The Morgan fingerprint density at radius 1 is 0.829 bits per heavy atom. The van der Waals surface area contributed by atoms with Crippen LogP contribution in [0, 0.1) is 0 Å². The molecule has 0 amide bonds. The molecule has 3 aromatic rings. The summed E-state index contributed by atoms with van der Waals surface area (Å²) in [7, 11) is 0. The van der Waals surface area contributed by atoms with Gasteiger partial charge < -0.3 is 15.2 Å². The minimum absolute atomic E-state index is 0. The van der Waals surface area contributed by atoms with Crippen LogP contribution in [-0.2, 0) is 0 Å². The lowest BCUT2D eigenvalue weighted by Gasteiger charge is -2.42. The minimum Gasteiger partial charge on any atom is -0.491 e. The van der Waals surface area contributed by atoms with Crippen molar-refractivity contribution in [2.24, 2.45) is 0 Å². The topological polar surface area (TPSA) is 44.7 Å². The van der Waals surface area contributed by atoms with Crippen LogP contribution in [0.1, 0.15) is 50.3 Å². The van der Waals surface area contributed by atoms with Crippen molar-refractivity contribution in [3.63, 3.8) is 0 Å². The number of nitrogens with zero attached hydrogens (tertiary/aromatic N) is 1. The molecule has 0 aromatic heterocycles. The Hall–Kier alpha value is -2.24. The fourth-order valence-electron chi connectivity index (χ4n) is 4.70. The van der Waals surface area contributed by atoms with E-state index in [1.165, 1.54) is 11.1 Å². The molecule has 1 aliphatic rings. The molecule has 4 nitrogen and oxygen atoms in total. The average molecular weight is 518 g/mol. The van der Waals surface area contributed by atoms with Gasteiger partial charge in [0.05, 0.1) is 17.7 Å². The van der Waals surface area contributed by atoms with Gasteiger partial charge in [-0.2, -0.15) is 0 Å². The van der Waals surface area contributed by atoms with E-state index in [9.17, 15) is 5.11 Å². The third kappa shape index (κ3) is 8.15. The fraction of sp³-hybridized carbons (Fsp3) is 0.379. The lowest BCUT2D eigenvalue weighted by atomic mass is 9.86. The molecular formula is C29H38Cl2N2O2. The molecule has 1 aliphatic heterocycles. The monoisotopic (exact) mass is 516 g/mol. The number of ether oxygens (including phenoxy) is 1. The summed E-state index contributed by atoms with van der Waals surface area (Å²) in [5.74, 6) is 0.882. The van der Waals surface area contributed by atoms with E-state index in [-0.39, 0.29) is 37.0 Å². The lowest BCUT2D eigenvalue weighted by molar-refractivity contribution is -0.0312. The van der Waals surface area contributed by atoms with Crippen molar-refractivity contribution < 1.29 is 9.84 Å². The zero-order valence-corrected chi connectivity index (χ0v) is 22.2. The first-order valence-corrected chi connectivity index (χ1v) is 12.1. The van der Waals surface area contributed by atoms with Gasteiger partial charge in [0.25, 0.3) is 0 Å². The SMILES string of the molecule is CC(C)Oc1ccc(NCCC2(O)CCN(C(c3ccccc3)c3ccccc3)CC2)cc1.Cl.Cl. The van der Waals surface area contributed by atoms with Crippen molar-refractivity contribution in [1.82, 2.24) is 4.90 Å². The number of hydrogen-bond acceptors (Lipinski definition) is 4. The van der Waals surface area contributed by atoms with E-state index in [0.717, 1.165) is 50.3 Å². The molecule has 2 N–H and O–H groups in total.